The number of thioether (sulfide) groups is 1. The molecule has 0 spiro atoms. The van der Waals surface area contributed by atoms with Crippen LogP contribution < -0.4 is 9.47 Å². The highest BCUT2D eigenvalue weighted by Crippen LogP contribution is 2.34. The quantitative estimate of drug-likeness (QED) is 0.402. The zero-order valence-corrected chi connectivity index (χ0v) is 16.4. The van der Waals surface area contributed by atoms with Crippen LogP contribution in [0.4, 0.5) is 0 Å². The smallest absolute Gasteiger partial charge is 0.323 e. The molecule has 0 aliphatic carbocycles. The fourth-order valence-electron chi connectivity index (χ4n) is 2.47. The number of rotatable bonds is 8. The van der Waals surface area contributed by atoms with Crippen LogP contribution in [0, 0.1) is 0 Å². The first-order valence-corrected chi connectivity index (χ1v) is 9.64. The summed E-state index contributed by atoms with van der Waals surface area (Å²) >= 11 is 6.19. The SMILES string of the molecule is O=C(O)CN1C(=O)/C(=C/c2ccccc2OCCOc2ccccc2)SC1=S. The Balaban J connectivity index is 1.65. The maximum Gasteiger partial charge on any atom is 0.323 e. The third-order valence-corrected chi connectivity index (χ3v) is 5.10. The molecule has 1 heterocycles. The minimum atomic E-state index is -1.11. The molecule has 0 unspecified atom stereocenters. The van der Waals surface area contributed by atoms with Crippen LogP contribution in [0.3, 0.4) is 0 Å². The van der Waals surface area contributed by atoms with Gasteiger partial charge < -0.3 is 14.6 Å². The van der Waals surface area contributed by atoms with Crippen LogP contribution in [-0.4, -0.2) is 46.0 Å². The van der Waals surface area contributed by atoms with Crippen molar-refractivity contribution in [1.29, 1.82) is 0 Å². The molecule has 3 rings (SSSR count). The molecule has 0 radical (unpaired) electrons. The summed E-state index contributed by atoms with van der Waals surface area (Å²) in [4.78, 5) is 24.7. The van der Waals surface area contributed by atoms with Gasteiger partial charge in [0.15, 0.2) is 0 Å². The number of hydrogen-bond donors (Lipinski definition) is 1. The van der Waals surface area contributed by atoms with Crippen molar-refractivity contribution >= 4 is 46.3 Å². The lowest BCUT2D eigenvalue weighted by atomic mass is 10.2. The van der Waals surface area contributed by atoms with E-state index in [0.29, 0.717) is 29.4 Å². The average Bonchev–Trinajstić information content (AvgIpc) is 2.94. The number of para-hydroxylation sites is 2. The fraction of sp³-hybridized carbons (Fsp3) is 0.150. The molecule has 0 aromatic heterocycles. The number of nitrogens with zero attached hydrogens (tertiary/aromatic N) is 1. The van der Waals surface area contributed by atoms with E-state index in [1.165, 1.54) is 0 Å². The number of carbonyl (C=O) groups is 2. The molecule has 0 atom stereocenters. The van der Waals surface area contributed by atoms with E-state index in [9.17, 15) is 9.59 Å². The number of carbonyl (C=O) groups excluding carboxylic acids is 1. The van der Waals surface area contributed by atoms with Gasteiger partial charge in [0.25, 0.3) is 5.91 Å². The maximum atomic E-state index is 12.4. The fourth-order valence-corrected chi connectivity index (χ4v) is 3.72. The van der Waals surface area contributed by atoms with Crippen molar-refractivity contribution in [3.63, 3.8) is 0 Å². The van der Waals surface area contributed by atoms with Crippen molar-refractivity contribution in [3.8, 4) is 11.5 Å². The first-order valence-electron chi connectivity index (χ1n) is 8.41. The summed E-state index contributed by atoms with van der Waals surface area (Å²) < 4.78 is 11.6. The first-order chi connectivity index (χ1) is 13.5. The van der Waals surface area contributed by atoms with E-state index in [0.717, 1.165) is 22.4 Å². The Morgan fingerprint density at radius 3 is 2.50 bits per heavy atom. The molecule has 1 aliphatic heterocycles. The maximum absolute atomic E-state index is 12.4. The Labute approximate surface area is 171 Å². The number of benzene rings is 2. The molecule has 28 heavy (non-hydrogen) atoms. The van der Waals surface area contributed by atoms with Crippen molar-refractivity contribution in [3.05, 3.63) is 65.1 Å². The van der Waals surface area contributed by atoms with E-state index in [-0.39, 0.29) is 4.32 Å². The van der Waals surface area contributed by atoms with Crippen molar-refractivity contribution in [1.82, 2.24) is 4.90 Å². The molecule has 1 fully saturated rings. The van der Waals surface area contributed by atoms with Crippen LogP contribution in [0.2, 0.25) is 0 Å². The number of ether oxygens (including phenoxy) is 2. The van der Waals surface area contributed by atoms with E-state index in [1.807, 2.05) is 48.5 Å². The largest absolute Gasteiger partial charge is 0.490 e. The summed E-state index contributed by atoms with van der Waals surface area (Å²) in [6.07, 6.45) is 1.66. The Bertz CT molecular complexity index is 914. The Kier molecular flexibility index (Phi) is 6.67. The standard InChI is InChI=1S/C20H17NO5S2/c22-18(23)13-21-19(24)17(28-20(21)27)12-14-6-4-5-9-16(14)26-11-10-25-15-7-2-1-3-8-15/h1-9,12H,10-11,13H2,(H,22,23)/b17-12-. The Morgan fingerprint density at radius 1 is 1.07 bits per heavy atom. The first kappa shape index (κ1) is 19.9. The summed E-state index contributed by atoms with van der Waals surface area (Å²) in [5.74, 6) is -0.163. The summed E-state index contributed by atoms with van der Waals surface area (Å²) in [6.45, 7) is 0.260. The zero-order valence-electron chi connectivity index (χ0n) is 14.7. The number of carboxylic acids is 1. The van der Waals surface area contributed by atoms with Crippen molar-refractivity contribution in [2.24, 2.45) is 0 Å². The minimum Gasteiger partial charge on any atom is -0.490 e. The summed E-state index contributed by atoms with van der Waals surface area (Å²) in [5, 5.41) is 8.92. The van der Waals surface area contributed by atoms with E-state index in [4.69, 9.17) is 26.8 Å². The summed E-state index contributed by atoms with van der Waals surface area (Å²) in [7, 11) is 0. The molecule has 1 aliphatic rings. The van der Waals surface area contributed by atoms with Gasteiger partial charge in [-0.25, -0.2) is 0 Å². The molecule has 0 bridgehead atoms. The van der Waals surface area contributed by atoms with Crippen molar-refractivity contribution in [2.45, 2.75) is 0 Å². The molecule has 1 N–H and O–H groups in total. The van der Waals surface area contributed by atoms with E-state index in [2.05, 4.69) is 0 Å². The van der Waals surface area contributed by atoms with Gasteiger partial charge >= 0.3 is 5.97 Å². The van der Waals surface area contributed by atoms with Gasteiger partial charge in [-0.15, -0.1) is 0 Å². The monoisotopic (exact) mass is 415 g/mol. The average molecular weight is 415 g/mol. The highest BCUT2D eigenvalue weighted by molar-refractivity contribution is 8.26. The van der Waals surface area contributed by atoms with Crippen LogP contribution in [0.1, 0.15) is 5.56 Å². The lowest BCUT2D eigenvalue weighted by molar-refractivity contribution is -0.140. The molecule has 0 saturated carbocycles. The molecule has 8 heteroatoms. The minimum absolute atomic E-state index is 0.230. The van der Waals surface area contributed by atoms with Crippen LogP contribution >= 0.6 is 24.0 Å². The highest BCUT2D eigenvalue weighted by atomic mass is 32.2. The van der Waals surface area contributed by atoms with Crippen molar-refractivity contribution < 1.29 is 24.2 Å². The molecule has 2 aromatic carbocycles. The molecule has 6 nitrogen and oxygen atoms in total. The van der Waals surface area contributed by atoms with Gasteiger partial charge in [-0.3, -0.25) is 14.5 Å². The number of thiocarbonyl (C=S) groups is 1. The molecule has 144 valence electrons. The summed E-state index contributed by atoms with van der Waals surface area (Å²) in [6, 6.07) is 16.7. The van der Waals surface area contributed by atoms with Crippen LogP contribution in [0.25, 0.3) is 6.08 Å². The van der Waals surface area contributed by atoms with Gasteiger partial charge in [0.05, 0.1) is 4.91 Å². The topological polar surface area (TPSA) is 76.1 Å². The second-order valence-corrected chi connectivity index (χ2v) is 7.39. The zero-order chi connectivity index (χ0) is 19.9. The van der Waals surface area contributed by atoms with Crippen LogP contribution in [0.5, 0.6) is 11.5 Å². The third-order valence-electron chi connectivity index (χ3n) is 3.73. The predicted octanol–water partition coefficient (Wildman–Crippen LogP) is 3.43. The molecular formula is C20H17NO5S2. The predicted molar refractivity (Wildman–Crippen MR) is 111 cm³/mol. The van der Waals surface area contributed by atoms with Crippen LogP contribution in [-0.2, 0) is 9.59 Å². The molecule has 1 saturated heterocycles. The second-order valence-electron chi connectivity index (χ2n) is 5.71. The van der Waals surface area contributed by atoms with Gasteiger partial charge in [-0.05, 0) is 24.3 Å². The lowest BCUT2D eigenvalue weighted by Gasteiger charge is -2.11. The van der Waals surface area contributed by atoms with Gasteiger partial charge in [-0.1, -0.05) is 60.4 Å². The lowest BCUT2D eigenvalue weighted by Crippen LogP contribution is -2.33. The number of amides is 1. The highest BCUT2D eigenvalue weighted by Gasteiger charge is 2.33. The second kappa shape index (κ2) is 9.38. The third kappa shape index (κ3) is 5.11. The Hall–Kier alpha value is -2.84. The van der Waals surface area contributed by atoms with Gasteiger partial charge in [-0.2, -0.15) is 0 Å². The van der Waals surface area contributed by atoms with E-state index in [1.54, 1.807) is 12.1 Å². The van der Waals surface area contributed by atoms with E-state index < -0.39 is 18.4 Å². The van der Waals surface area contributed by atoms with Crippen LogP contribution in [0.15, 0.2) is 59.5 Å². The Morgan fingerprint density at radius 2 is 1.75 bits per heavy atom. The van der Waals surface area contributed by atoms with Gasteiger partial charge in [0.2, 0.25) is 0 Å². The summed E-state index contributed by atoms with van der Waals surface area (Å²) in [5.41, 5.74) is 0.707. The number of hydrogen-bond acceptors (Lipinski definition) is 6. The van der Waals surface area contributed by atoms with Gasteiger partial charge in [0.1, 0.15) is 35.6 Å². The van der Waals surface area contributed by atoms with E-state index >= 15 is 0 Å². The molecule has 1 amide bonds. The number of carboxylic acid groups (broad SMARTS) is 1. The normalized spacial score (nSPS) is 15.1. The van der Waals surface area contributed by atoms with Gasteiger partial charge in [0, 0.05) is 5.56 Å². The molecular weight excluding hydrogens is 398 g/mol. The molecule has 2 aromatic rings. The van der Waals surface area contributed by atoms with Crippen molar-refractivity contribution in [2.75, 3.05) is 19.8 Å². The number of aliphatic carboxylic acids is 1.